The quantitative estimate of drug-likeness (QED) is 0.485. The molecule has 1 aromatic heterocycles. The number of nitrogens with two attached hydrogens (primary N) is 1. The molecular formula is C14H14F3N7. The van der Waals surface area contributed by atoms with E-state index in [-0.39, 0.29) is 23.5 Å². The van der Waals surface area contributed by atoms with Crippen LogP contribution in [0.4, 0.5) is 42.0 Å². The topological polar surface area (TPSA) is 112 Å². The monoisotopic (exact) mass is 337 g/mol. The van der Waals surface area contributed by atoms with Crippen LogP contribution in [0.3, 0.4) is 0 Å². The predicted molar refractivity (Wildman–Crippen MR) is 82.6 cm³/mol. The minimum absolute atomic E-state index is 0.0149. The van der Waals surface area contributed by atoms with Gasteiger partial charge < -0.3 is 16.4 Å². The average Bonchev–Trinajstić information content (AvgIpc) is 3.30. The van der Waals surface area contributed by atoms with Crippen LogP contribution in [-0.2, 0) is 6.18 Å². The van der Waals surface area contributed by atoms with E-state index in [1.165, 1.54) is 12.1 Å². The summed E-state index contributed by atoms with van der Waals surface area (Å²) in [5.74, 6) is -0.227. The molecule has 0 saturated heterocycles. The van der Waals surface area contributed by atoms with Gasteiger partial charge in [0, 0.05) is 17.9 Å². The number of nitrogens with one attached hydrogen (secondary N) is 3. The number of rotatable bonds is 5. The lowest BCUT2D eigenvalue weighted by Gasteiger charge is -2.14. The van der Waals surface area contributed by atoms with Gasteiger partial charge in [-0.3, -0.25) is 0 Å². The van der Waals surface area contributed by atoms with Crippen molar-refractivity contribution in [3.05, 3.63) is 30.0 Å². The Morgan fingerprint density at radius 3 is 2.62 bits per heavy atom. The Balaban J connectivity index is 1.88. The first-order chi connectivity index (χ1) is 11.4. The zero-order valence-electron chi connectivity index (χ0n) is 12.4. The summed E-state index contributed by atoms with van der Waals surface area (Å²) in [6, 6.07) is 4.61. The minimum Gasteiger partial charge on any atom is -0.397 e. The van der Waals surface area contributed by atoms with Crippen molar-refractivity contribution in [1.82, 2.24) is 9.97 Å². The van der Waals surface area contributed by atoms with Crippen LogP contribution in [0, 0.1) is 5.53 Å². The molecule has 0 spiro atoms. The molecule has 1 aliphatic carbocycles. The lowest BCUT2D eigenvalue weighted by Crippen LogP contribution is -2.15. The van der Waals surface area contributed by atoms with Gasteiger partial charge in [-0.1, -0.05) is 0 Å². The van der Waals surface area contributed by atoms with Crippen molar-refractivity contribution in [3.8, 4) is 0 Å². The third kappa shape index (κ3) is 3.53. The second-order valence-corrected chi connectivity index (χ2v) is 5.38. The molecule has 0 aliphatic heterocycles. The Bertz CT molecular complexity index is 771. The summed E-state index contributed by atoms with van der Waals surface area (Å²) >= 11 is 0. The number of nitrogens with zero attached hydrogens (tertiary/aromatic N) is 3. The highest BCUT2D eigenvalue weighted by molar-refractivity contribution is 5.70. The van der Waals surface area contributed by atoms with Gasteiger partial charge in [-0.15, -0.1) is 0 Å². The van der Waals surface area contributed by atoms with Crippen molar-refractivity contribution in [2.45, 2.75) is 25.1 Å². The molecule has 0 bridgehead atoms. The van der Waals surface area contributed by atoms with Crippen LogP contribution < -0.4 is 16.4 Å². The molecule has 0 unspecified atom stereocenters. The molecule has 1 heterocycles. The van der Waals surface area contributed by atoms with Gasteiger partial charge in [0.05, 0.1) is 5.69 Å². The molecule has 24 heavy (non-hydrogen) atoms. The first-order valence-electron chi connectivity index (χ1n) is 7.11. The maximum Gasteiger partial charge on any atom is 0.421 e. The first kappa shape index (κ1) is 16.0. The molecule has 7 nitrogen and oxygen atoms in total. The summed E-state index contributed by atoms with van der Waals surface area (Å²) in [6.07, 6.45) is -2.15. The molecule has 1 fully saturated rings. The number of hydrogen-bond donors (Lipinski definition) is 4. The van der Waals surface area contributed by atoms with E-state index in [4.69, 9.17) is 11.3 Å². The molecule has 0 radical (unpaired) electrons. The molecule has 0 atom stereocenters. The minimum atomic E-state index is -4.53. The van der Waals surface area contributed by atoms with Gasteiger partial charge in [-0.05, 0) is 31.0 Å². The van der Waals surface area contributed by atoms with Crippen molar-refractivity contribution >= 4 is 28.8 Å². The Hall–Kier alpha value is -2.91. The first-order valence-corrected chi connectivity index (χ1v) is 7.11. The number of hydrogen-bond acceptors (Lipinski definition) is 7. The summed E-state index contributed by atoms with van der Waals surface area (Å²) in [5, 5.41) is 8.81. The molecule has 0 amide bonds. The van der Waals surface area contributed by atoms with E-state index in [2.05, 4.69) is 25.7 Å². The van der Waals surface area contributed by atoms with Gasteiger partial charge in [0.25, 0.3) is 0 Å². The standard InChI is InChI=1S/C14H14F3N7/c15-14(16,17)9-6-20-13(23-12(9)21-7-1-2-7)22-8-3-4-11(24-19)10(18)5-8/h3-7,19H,1-2,18H2,(H2,20,21,22,23). The number of alkyl halides is 3. The van der Waals surface area contributed by atoms with E-state index in [1.54, 1.807) is 6.07 Å². The maximum absolute atomic E-state index is 13.0. The zero-order chi connectivity index (χ0) is 17.3. The molecule has 10 heteroatoms. The largest absolute Gasteiger partial charge is 0.421 e. The maximum atomic E-state index is 13.0. The number of nitrogen functional groups attached to an aromatic ring is 1. The van der Waals surface area contributed by atoms with Gasteiger partial charge in [-0.25, -0.2) is 10.5 Å². The van der Waals surface area contributed by atoms with Crippen molar-refractivity contribution in [3.63, 3.8) is 0 Å². The lowest BCUT2D eigenvalue weighted by atomic mass is 10.2. The van der Waals surface area contributed by atoms with E-state index in [1.807, 2.05) is 0 Å². The Labute approximate surface area is 135 Å². The van der Waals surface area contributed by atoms with Gasteiger partial charge >= 0.3 is 6.18 Å². The van der Waals surface area contributed by atoms with Gasteiger partial charge in [-0.2, -0.15) is 23.3 Å². The van der Waals surface area contributed by atoms with Gasteiger partial charge in [0.15, 0.2) is 0 Å². The summed E-state index contributed by atoms with van der Waals surface area (Å²) in [5.41, 5.74) is 12.8. The second-order valence-electron chi connectivity index (χ2n) is 5.38. The molecule has 2 aromatic rings. The average molecular weight is 337 g/mol. The van der Waals surface area contributed by atoms with Crippen molar-refractivity contribution in [1.29, 1.82) is 5.53 Å². The number of benzene rings is 1. The normalized spacial score (nSPS) is 14.3. The molecule has 5 N–H and O–H groups in total. The predicted octanol–water partition coefficient (Wildman–Crippen LogP) is 4.06. The SMILES string of the molecule is N=Nc1ccc(Nc2ncc(C(F)(F)F)c(NC3CC3)n2)cc1N. The molecule has 126 valence electrons. The van der Waals surface area contributed by atoms with Crippen LogP contribution in [0.2, 0.25) is 0 Å². The Morgan fingerprint density at radius 2 is 2.04 bits per heavy atom. The van der Waals surface area contributed by atoms with E-state index in [0.717, 1.165) is 19.0 Å². The molecule has 3 rings (SSSR count). The molecular weight excluding hydrogens is 323 g/mol. The Morgan fingerprint density at radius 1 is 1.29 bits per heavy atom. The van der Waals surface area contributed by atoms with E-state index in [0.29, 0.717) is 11.4 Å². The summed E-state index contributed by atoms with van der Waals surface area (Å²) in [7, 11) is 0. The van der Waals surface area contributed by atoms with Crippen LogP contribution in [0.1, 0.15) is 18.4 Å². The zero-order valence-corrected chi connectivity index (χ0v) is 12.4. The molecule has 1 aromatic carbocycles. The summed E-state index contributed by atoms with van der Waals surface area (Å²) in [4.78, 5) is 7.65. The smallest absolute Gasteiger partial charge is 0.397 e. The fourth-order valence-electron chi connectivity index (χ4n) is 2.04. The van der Waals surface area contributed by atoms with Gasteiger partial charge in [0.2, 0.25) is 5.95 Å². The van der Waals surface area contributed by atoms with Crippen molar-refractivity contribution < 1.29 is 13.2 Å². The van der Waals surface area contributed by atoms with E-state index in [9.17, 15) is 13.2 Å². The second kappa shape index (κ2) is 5.95. The fraction of sp³-hybridized carbons (Fsp3) is 0.286. The van der Waals surface area contributed by atoms with Crippen LogP contribution in [0.5, 0.6) is 0 Å². The van der Waals surface area contributed by atoms with E-state index >= 15 is 0 Å². The van der Waals surface area contributed by atoms with Crippen molar-refractivity contribution in [2.75, 3.05) is 16.4 Å². The highest BCUT2D eigenvalue weighted by Crippen LogP contribution is 2.36. The van der Waals surface area contributed by atoms with Crippen LogP contribution in [0.15, 0.2) is 29.5 Å². The highest BCUT2D eigenvalue weighted by atomic mass is 19.4. The fourth-order valence-corrected chi connectivity index (χ4v) is 2.04. The van der Waals surface area contributed by atoms with E-state index < -0.39 is 11.7 Å². The number of halogens is 3. The summed E-state index contributed by atoms with van der Waals surface area (Å²) in [6.45, 7) is 0. The van der Waals surface area contributed by atoms with Gasteiger partial charge in [0.1, 0.15) is 17.1 Å². The highest BCUT2D eigenvalue weighted by Gasteiger charge is 2.36. The molecule has 1 aliphatic rings. The number of anilines is 4. The van der Waals surface area contributed by atoms with Crippen LogP contribution in [-0.4, -0.2) is 16.0 Å². The van der Waals surface area contributed by atoms with Crippen LogP contribution in [0.25, 0.3) is 0 Å². The Kier molecular flexibility index (Phi) is 3.96. The lowest BCUT2D eigenvalue weighted by molar-refractivity contribution is -0.137. The van der Waals surface area contributed by atoms with Crippen LogP contribution >= 0.6 is 0 Å². The third-order valence-electron chi connectivity index (χ3n) is 3.42. The molecule has 1 saturated carbocycles. The van der Waals surface area contributed by atoms with Crippen molar-refractivity contribution in [2.24, 2.45) is 5.11 Å². The number of aromatic nitrogens is 2. The summed E-state index contributed by atoms with van der Waals surface area (Å²) < 4.78 is 39.1. The third-order valence-corrected chi connectivity index (χ3v) is 3.42.